The molecule has 1 aromatic carbocycles. The molecule has 0 bridgehead atoms. The van der Waals surface area contributed by atoms with E-state index in [1.54, 1.807) is 18.6 Å². The molecule has 2 N–H and O–H groups in total. The summed E-state index contributed by atoms with van der Waals surface area (Å²) in [5.74, 6) is 0.0360. The number of nitrogens with two attached hydrogens (primary N) is 1. The number of piperidine rings is 1. The molecule has 2 heterocycles. The van der Waals surface area contributed by atoms with Crippen LogP contribution >= 0.6 is 0 Å². The number of carbonyl (C=O) groups excluding carboxylic acids is 1. The second-order valence-corrected chi connectivity index (χ2v) is 5.58. The quantitative estimate of drug-likeness (QED) is 0.879. The smallest absolute Gasteiger partial charge is 0.246 e. The van der Waals surface area contributed by atoms with Gasteiger partial charge in [-0.2, -0.15) is 0 Å². The third-order valence-electron chi connectivity index (χ3n) is 3.88. The molecule has 1 aliphatic rings. The van der Waals surface area contributed by atoms with Crippen LogP contribution in [0, 0.1) is 0 Å². The van der Waals surface area contributed by atoms with E-state index in [2.05, 4.69) is 4.98 Å². The number of hydrogen-bond acceptors (Lipinski definition) is 3. The molecule has 1 aliphatic heterocycles. The Bertz CT molecular complexity index is 646. The van der Waals surface area contributed by atoms with Gasteiger partial charge in [0, 0.05) is 43.3 Å². The summed E-state index contributed by atoms with van der Waals surface area (Å²) in [4.78, 5) is 18.0. The van der Waals surface area contributed by atoms with E-state index in [9.17, 15) is 4.79 Å². The summed E-state index contributed by atoms with van der Waals surface area (Å²) >= 11 is 0. The summed E-state index contributed by atoms with van der Waals surface area (Å²) in [6.45, 7) is 1.46. The summed E-state index contributed by atoms with van der Waals surface area (Å²) in [7, 11) is 0. The molecule has 5 heteroatoms. The van der Waals surface area contributed by atoms with Crippen molar-refractivity contribution in [2.75, 3.05) is 13.1 Å². The summed E-state index contributed by atoms with van der Waals surface area (Å²) in [6, 6.07) is 8.09. The topological polar surface area (TPSA) is 64.2 Å². The predicted octanol–water partition coefficient (Wildman–Crippen LogP) is 1.84. The maximum atomic E-state index is 12.1. The number of aromatic nitrogens is 2. The van der Waals surface area contributed by atoms with E-state index in [1.807, 2.05) is 46.0 Å². The van der Waals surface area contributed by atoms with E-state index in [4.69, 9.17) is 5.73 Å². The second-order valence-electron chi connectivity index (χ2n) is 5.58. The summed E-state index contributed by atoms with van der Waals surface area (Å²) < 4.78 is 1.94. The first-order valence-electron chi connectivity index (χ1n) is 7.53. The highest BCUT2D eigenvalue weighted by molar-refractivity contribution is 5.91. The van der Waals surface area contributed by atoms with E-state index in [0.717, 1.165) is 30.6 Å². The minimum Gasteiger partial charge on any atom is -0.338 e. The predicted molar refractivity (Wildman–Crippen MR) is 86.4 cm³/mol. The van der Waals surface area contributed by atoms with Gasteiger partial charge in [0.2, 0.25) is 5.91 Å². The van der Waals surface area contributed by atoms with Gasteiger partial charge in [-0.3, -0.25) is 4.79 Å². The van der Waals surface area contributed by atoms with Crippen LogP contribution in [0.5, 0.6) is 0 Å². The van der Waals surface area contributed by atoms with Crippen molar-refractivity contribution in [2.45, 2.75) is 18.9 Å². The first kappa shape index (κ1) is 14.5. The Labute approximate surface area is 130 Å². The van der Waals surface area contributed by atoms with Crippen molar-refractivity contribution in [3.05, 3.63) is 54.6 Å². The number of carbonyl (C=O) groups is 1. The molecule has 22 heavy (non-hydrogen) atoms. The van der Waals surface area contributed by atoms with Crippen LogP contribution in [0.2, 0.25) is 0 Å². The first-order valence-corrected chi connectivity index (χ1v) is 7.53. The van der Waals surface area contributed by atoms with E-state index in [-0.39, 0.29) is 11.9 Å². The molecule has 1 aromatic heterocycles. The minimum absolute atomic E-state index is 0.0360. The van der Waals surface area contributed by atoms with Crippen molar-refractivity contribution in [1.82, 2.24) is 14.5 Å². The average Bonchev–Trinajstić information content (AvgIpc) is 3.07. The zero-order valence-electron chi connectivity index (χ0n) is 12.4. The SMILES string of the molecule is NC1CCCN(C(=O)/C=C/c2ccc(-n3ccnc3)cc2)C1. The monoisotopic (exact) mass is 296 g/mol. The maximum absolute atomic E-state index is 12.1. The number of benzene rings is 1. The van der Waals surface area contributed by atoms with Crippen LogP contribution in [0.15, 0.2) is 49.1 Å². The van der Waals surface area contributed by atoms with Crippen LogP contribution in [0.25, 0.3) is 11.8 Å². The van der Waals surface area contributed by atoms with Gasteiger partial charge in [0.25, 0.3) is 0 Å². The van der Waals surface area contributed by atoms with E-state index in [0.29, 0.717) is 6.54 Å². The van der Waals surface area contributed by atoms with Crippen LogP contribution in [-0.2, 0) is 4.79 Å². The van der Waals surface area contributed by atoms with Crippen LogP contribution in [0.3, 0.4) is 0 Å². The molecule has 0 aliphatic carbocycles. The lowest BCUT2D eigenvalue weighted by Gasteiger charge is -2.29. The van der Waals surface area contributed by atoms with E-state index < -0.39 is 0 Å². The Hall–Kier alpha value is -2.40. The normalized spacial score (nSPS) is 18.8. The van der Waals surface area contributed by atoms with Gasteiger partial charge in [-0.05, 0) is 36.6 Å². The van der Waals surface area contributed by atoms with Crippen LogP contribution in [-0.4, -0.2) is 39.5 Å². The molecule has 3 rings (SSSR count). The maximum Gasteiger partial charge on any atom is 0.246 e. The molecular formula is C17H20N4O. The zero-order chi connectivity index (χ0) is 15.4. The highest BCUT2D eigenvalue weighted by Gasteiger charge is 2.19. The Morgan fingerprint density at radius 2 is 2.14 bits per heavy atom. The lowest BCUT2D eigenvalue weighted by Crippen LogP contribution is -2.45. The number of amides is 1. The molecule has 1 amide bonds. The summed E-state index contributed by atoms with van der Waals surface area (Å²) in [5, 5.41) is 0. The Balaban J connectivity index is 1.64. The molecule has 1 saturated heterocycles. The van der Waals surface area contributed by atoms with Crippen molar-refractivity contribution in [1.29, 1.82) is 0 Å². The van der Waals surface area contributed by atoms with Crippen molar-refractivity contribution >= 4 is 12.0 Å². The van der Waals surface area contributed by atoms with Gasteiger partial charge in [0.15, 0.2) is 0 Å². The Morgan fingerprint density at radius 1 is 1.32 bits per heavy atom. The highest BCUT2D eigenvalue weighted by atomic mass is 16.2. The molecular weight excluding hydrogens is 276 g/mol. The molecule has 0 spiro atoms. The fraction of sp³-hybridized carbons (Fsp3) is 0.294. The van der Waals surface area contributed by atoms with Crippen LogP contribution < -0.4 is 5.73 Å². The Kier molecular flexibility index (Phi) is 4.34. The molecule has 114 valence electrons. The highest BCUT2D eigenvalue weighted by Crippen LogP contribution is 2.12. The van der Waals surface area contributed by atoms with Gasteiger partial charge in [-0.15, -0.1) is 0 Å². The average molecular weight is 296 g/mol. The van der Waals surface area contributed by atoms with Crippen molar-refractivity contribution in [3.8, 4) is 5.69 Å². The molecule has 2 aromatic rings. The minimum atomic E-state index is 0.0360. The molecule has 1 fully saturated rings. The van der Waals surface area contributed by atoms with Crippen molar-refractivity contribution in [3.63, 3.8) is 0 Å². The number of rotatable bonds is 3. The van der Waals surface area contributed by atoms with Gasteiger partial charge in [-0.1, -0.05) is 12.1 Å². The van der Waals surface area contributed by atoms with Gasteiger partial charge >= 0.3 is 0 Å². The van der Waals surface area contributed by atoms with Gasteiger partial charge in [0.1, 0.15) is 0 Å². The lowest BCUT2D eigenvalue weighted by atomic mass is 10.1. The fourth-order valence-corrected chi connectivity index (χ4v) is 2.65. The lowest BCUT2D eigenvalue weighted by molar-refractivity contribution is -0.127. The zero-order valence-corrected chi connectivity index (χ0v) is 12.4. The first-order chi connectivity index (χ1) is 10.7. The molecule has 1 unspecified atom stereocenters. The third kappa shape index (κ3) is 3.43. The van der Waals surface area contributed by atoms with Crippen molar-refractivity contribution < 1.29 is 4.79 Å². The van der Waals surface area contributed by atoms with E-state index >= 15 is 0 Å². The van der Waals surface area contributed by atoms with Crippen molar-refractivity contribution in [2.24, 2.45) is 5.73 Å². The van der Waals surface area contributed by atoms with Crippen LogP contribution in [0.1, 0.15) is 18.4 Å². The van der Waals surface area contributed by atoms with Gasteiger partial charge in [-0.25, -0.2) is 4.98 Å². The third-order valence-corrected chi connectivity index (χ3v) is 3.88. The number of imidazole rings is 1. The molecule has 0 radical (unpaired) electrons. The fourth-order valence-electron chi connectivity index (χ4n) is 2.65. The standard InChI is InChI=1S/C17H20N4O/c18-15-2-1-10-20(12-15)17(22)8-5-14-3-6-16(7-4-14)21-11-9-19-13-21/h3-9,11,13,15H,1-2,10,12,18H2/b8-5+. The molecule has 1 atom stereocenters. The Morgan fingerprint density at radius 3 is 2.82 bits per heavy atom. The second kappa shape index (κ2) is 6.58. The van der Waals surface area contributed by atoms with Gasteiger partial charge in [0.05, 0.1) is 6.33 Å². The number of likely N-dealkylation sites (tertiary alicyclic amines) is 1. The number of nitrogens with zero attached hydrogens (tertiary/aromatic N) is 3. The largest absolute Gasteiger partial charge is 0.338 e. The van der Waals surface area contributed by atoms with E-state index in [1.165, 1.54) is 0 Å². The van der Waals surface area contributed by atoms with Crippen LogP contribution in [0.4, 0.5) is 0 Å². The molecule has 0 saturated carbocycles. The summed E-state index contributed by atoms with van der Waals surface area (Å²) in [5.41, 5.74) is 7.95. The molecule has 5 nitrogen and oxygen atoms in total. The summed E-state index contributed by atoms with van der Waals surface area (Å²) in [6.07, 6.45) is 10.9. The number of hydrogen-bond donors (Lipinski definition) is 1. The van der Waals surface area contributed by atoms with Gasteiger partial charge < -0.3 is 15.2 Å².